The Kier molecular flexibility index (Phi) is 32.0. The Balaban J connectivity index is 6.71. The Hall–Kier alpha value is -12.8. The van der Waals surface area contributed by atoms with Gasteiger partial charge in [-0.05, 0) is 308 Å². The normalized spacial score (nSPS) is 4.67. The Morgan fingerprint density at radius 2 is 0.333 bits per heavy atom. The molecule has 0 fully saturated rings. The molecule has 0 saturated carbocycles. The Morgan fingerprint density at radius 1 is 0.183 bits per heavy atom. The molecule has 0 atom stereocenters. The summed E-state index contributed by atoms with van der Waals surface area (Å²) in [5, 5.41) is 0. The molecular formula is C60H6. The van der Waals surface area contributed by atoms with Gasteiger partial charge >= 0.3 is 0 Å². The van der Waals surface area contributed by atoms with E-state index in [1.807, 2.05) is 0 Å². The highest BCUT2D eigenvalue weighted by atomic mass is 14.1. The lowest BCUT2D eigenvalue weighted by Crippen LogP contribution is -2.11. The quantitative estimate of drug-likeness (QED) is 0.327. The summed E-state index contributed by atoms with van der Waals surface area (Å²) in [6.45, 7) is 0. The Bertz CT molecular complexity index is 3450. The molecule has 0 unspecified atom stereocenters. The van der Waals surface area contributed by atoms with E-state index in [1.54, 1.807) is 0 Å². The van der Waals surface area contributed by atoms with Crippen LogP contribution in [0.4, 0.5) is 0 Å². The van der Waals surface area contributed by atoms with Crippen molar-refractivity contribution in [3.63, 3.8) is 0 Å². The molecule has 0 aromatic heterocycles. The minimum Gasteiger partial charge on any atom is -0.106 e. The lowest BCUT2D eigenvalue weighted by molar-refractivity contribution is 0.989. The number of rotatable bonds is 0. The van der Waals surface area contributed by atoms with E-state index in [4.69, 9.17) is 25.7 Å². The van der Waals surface area contributed by atoms with E-state index in [0.717, 1.165) is 0 Å². The topological polar surface area (TPSA) is 0 Å². The predicted octanol–water partition coefficient (Wildman–Crippen LogP) is 0.981. The maximum absolute atomic E-state index is 5.03. The van der Waals surface area contributed by atoms with E-state index in [9.17, 15) is 0 Å². The first kappa shape index (κ1) is 47.2. The second kappa shape index (κ2) is 40.7. The molecule has 0 saturated heterocycles. The highest BCUT2D eigenvalue weighted by Crippen LogP contribution is 2.12. The van der Waals surface area contributed by atoms with E-state index < -0.39 is 5.41 Å². The summed E-state index contributed by atoms with van der Waals surface area (Å²) in [7, 11) is 0. The molecule has 0 amide bonds. The van der Waals surface area contributed by atoms with Crippen LogP contribution >= 0.6 is 0 Å². The monoisotopic (exact) mass is 726 g/mol. The molecule has 0 rings (SSSR count). The average molecular weight is 727 g/mol. The molecule has 60 heavy (non-hydrogen) atoms. The SMILES string of the molecule is C#CC#CC#CC#CC#CC#CCC#CC#CC#CC#CC#CC(C#CC#CC#CC#CC#CC#C)(C#CC#CC#CC#CC#CC#C)C#CC#CC#CC#CC#CC#C. The van der Waals surface area contributed by atoms with E-state index >= 15 is 0 Å². The van der Waals surface area contributed by atoms with Gasteiger partial charge < -0.3 is 0 Å². The van der Waals surface area contributed by atoms with Gasteiger partial charge in [0.1, 0.15) is 0 Å². The minimum atomic E-state index is -1.67. The maximum Gasteiger partial charge on any atom is 0.216 e. The van der Waals surface area contributed by atoms with Crippen molar-refractivity contribution in [2.24, 2.45) is 5.41 Å². The first-order chi connectivity index (χ1) is 29.7. The largest absolute Gasteiger partial charge is 0.216 e. The van der Waals surface area contributed by atoms with Crippen molar-refractivity contribution in [2.75, 3.05) is 0 Å². The van der Waals surface area contributed by atoms with Crippen LogP contribution in [0.2, 0.25) is 0 Å². The van der Waals surface area contributed by atoms with Gasteiger partial charge in [-0.1, -0.05) is 11.8 Å². The standard InChI is InChI=1S/C60H6/c1-5-9-13-17-21-25-29-30-31-32-33-34-35-36-37-38-39-43-47-51-55-59-60(56-52-48-44-40-26-22-18-14-10-6-2,57-53-49-45-41-27-23-19-15-11-7-3)58-54-50-46-42-28-24-20-16-12-8-4/h1-4H,34H2. The van der Waals surface area contributed by atoms with Crippen LogP contribution in [0.25, 0.3) is 0 Å². The smallest absolute Gasteiger partial charge is 0.106 e. The summed E-state index contributed by atoms with van der Waals surface area (Å²) in [6, 6.07) is 0. The van der Waals surface area contributed by atoms with Gasteiger partial charge in [0.15, 0.2) is 0 Å². The molecular weight excluding hydrogens is 721 g/mol. The molecule has 0 aromatic carbocycles. The fourth-order valence-electron chi connectivity index (χ4n) is 2.12. The van der Waals surface area contributed by atoms with Gasteiger partial charge in [-0.3, -0.25) is 0 Å². The van der Waals surface area contributed by atoms with Gasteiger partial charge in [0.25, 0.3) is 0 Å². The van der Waals surface area contributed by atoms with Crippen molar-refractivity contribution >= 4 is 0 Å². The van der Waals surface area contributed by atoms with Crippen LogP contribution < -0.4 is 0 Å². The molecule has 0 aromatic rings. The Labute approximate surface area is 355 Å². The summed E-state index contributed by atoms with van der Waals surface area (Å²) in [6.07, 6.45) is 20.3. The minimum absolute atomic E-state index is 0.239. The van der Waals surface area contributed by atoms with Crippen molar-refractivity contribution in [3.05, 3.63) is 0 Å². The molecule has 0 N–H and O–H groups in total. The van der Waals surface area contributed by atoms with Crippen LogP contribution in [0, 0.1) is 351 Å². The van der Waals surface area contributed by atoms with Crippen molar-refractivity contribution in [1.82, 2.24) is 0 Å². The summed E-state index contributed by atoms with van der Waals surface area (Å²) < 4.78 is 0. The van der Waals surface area contributed by atoms with E-state index in [2.05, 4.69) is 320 Å². The van der Waals surface area contributed by atoms with Gasteiger partial charge in [-0.15, -0.1) is 25.7 Å². The zero-order valence-corrected chi connectivity index (χ0v) is 30.5. The third kappa shape index (κ3) is 35.1. The van der Waals surface area contributed by atoms with Gasteiger partial charge in [0.2, 0.25) is 5.41 Å². The van der Waals surface area contributed by atoms with Gasteiger partial charge in [0.05, 0.1) is 6.42 Å². The molecule has 0 heteroatoms. The average Bonchev–Trinajstić information content (AvgIpc) is 3.26. The fourth-order valence-corrected chi connectivity index (χ4v) is 2.12. The summed E-state index contributed by atoms with van der Waals surface area (Å²) in [4.78, 5) is 0. The van der Waals surface area contributed by atoms with Crippen molar-refractivity contribution < 1.29 is 0 Å². The van der Waals surface area contributed by atoms with E-state index in [0.29, 0.717) is 0 Å². The van der Waals surface area contributed by atoms with Crippen molar-refractivity contribution in [3.8, 4) is 345 Å². The van der Waals surface area contributed by atoms with Crippen LogP contribution in [-0.4, -0.2) is 0 Å². The first-order valence-electron chi connectivity index (χ1n) is 15.1. The third-order valence-electron chi connectivity index (χ3n) is 4.08. The zero-order chi connectivity index (χ0) is 43.4. The summed E-state index contributed by atoms with van der Waals surface area (Å²) in [5.41, 5.74) is -1.67. The molecule has 0 aliphatic rings. The molecule has 0 nitrogen and oxygen atoms in total. The third-order valence-corrected chi connectivity index (χ3v) is 4.08. The Morgan fingerprint density at radius 3 is 0.517 bits per heavy atom. The summed E-state index contributed by atoms with van der Waals surface area (Å²) in [5.74, 6) is 135. The zero-order valence-electron chi connectivity index (χ0n) is 30.5. The molecule has 0 spiro atoms. The highest BCUT2D eigenvalue weighted by Gasteiger charge is 2.19. The van der Waals surface area contributed by atoms with Crippen molar-refractivity contribution in [1.29, 1.82) is 0 Å². The molecule has 0 bridgehead atoms. The molecule has 0 aliphatic heterocycles. The number of hydrogen-bond donors (Lipinski definition) is 0. The molecule has 246 valence electrons. The van der Waals surface area contributed by atoms with Gasteiger partial charge in [0, 0.05) is 0 Å². The van der Waals surface area contributed by atoms with Crippen LogP contribution in [0.5, 0.6) is 0 Å². The van der Waals surface area contributed by atoms with Gasteiger partial charge in [-0.25, -0.2) is 0 Å². The predicted molar refractivity (Wildman–Crippen MR) is 237 cm³/mol. The fraction of sp³-hybridized carbons (Fsp3) is 0.0333. The van der Waals surface area contributed by atoms with Crippen molar-refractivity contribution in [2.45, 2.75) is 6.42 Å². The molecule has 0 aliphatic carbocycles. The second-order valence-electron chi connectivity index (χ2n) is 7.86. The van der Waals surface area contributed by atoms with Crippen LogP contribution in [-0.2, 0) is 0 Å². The van der Waals surface area contributed by atoms with Gasteiger partial charge in [-0.2, -0.15) is 0 Å². The lowest BCUT2D eigenvalue weighted by atomic mass is 9.90. The van der Waals surface area contributed by atoms with Crippen LogP contribution in [0.1, 0.15) is 6.42 Å². The number of hydrogen-bond acceptors (Lipinski definition) is 0. The summed E-state index contributed by atoms with van der Waals surface area (Å²) >= 11 is 0. The van der Waals surface area contributed by atoms with Crippen LogP contribution in [0.15, 0.2) is 0 Å². The van der Waals surface area contributed by atoms with Crippen LogP contribution in [0.3, 0.4) is 0 Å². The lowest BCUT2D eigenvalue weighted by Gasteiger charge is -2.04. The first-order valence-corrected chi connectivity index (χ1v) is 15.1. The highest BCUT2D eigenvalue weighted by molar-refractivity contribution is 5.57. The van der Waals surface area contributed by atoms with E-state index in [-0.39, 0.29) is 6.42 Å². The molecule has 0 heterocycles. The molecule has 0 radical (unpaired) electrons. The second-order valence-corrected chi connectivity index (χ2v) is 7.86. The maximum atomic E-state index is 5.03. The van der Waals surface area contributed by atoms with E-state index in [1.165, 1.54) is 0 Å². The number of terminal acetylenes is 4.